The molecule has 6 heteroatoms. The number of nitrogens with zero attached hydrogens (tertiary/aromatic N) is 4. The highest BCUT2D eigenvalue weighted by molar-refractivity contribution is 6.30. The van der Waals surface area contributed by atoms with E-state index >= 15 is 0 Å². The molecule has 0 saturated heterocycles. The van der Waals surface area contributed by atoms with Gasteiger partial charge in [-0.1, -0.05) is 35.0 Å². The Hall–Kier alpha value is -2.01. The molecule has 5 nitrogen and oxygen atoms in total. The van der Waals surface area contributed by atoms with Crippen LogP contribution < -0.4 is 4.90 Å². The minimum absolute atomic E-state index is 0.673. The molecule has 110 valence electrons. The molecule has 2 heterocycles. The van der Waals surface area contributed by atoms with Crippen LogP contribution in [0.25, 0.3) is 0 Å². The molecule has 0 radical (unpaired) electrons. The van der Waals surface area contributed by atoms with Gasteiger partial charge in [-0.25, -0.2) is 0 Å². The Labute approximate surface area is 128 Å². The summed E-state index contributed by atoms with van der Waals surface area (Å²) in [6.45, 7) is 3.47. The zero-order valence-electron chi connectivity index (χ0n) is 12.0. The van der Waals surface area contributed by atoms with Gasteiger partial charge in [0.05, 0.1) is 11.4 Å². The van der Waals surface area contributed by atoms with E-state index in [4.69, 9.17) is 16.8 Å². The molecule has 1 N–H and O–H groups in total. The van der Waals surface area contributed by atoms with Crippen molar-refractivity contribution in [1.29, 1.82) is 0 Å². The Morgan fingerprint density at radius 2 is 2.14 bits per heavy atom. The minimum Gasteiger partial charge on any atom is -0.411 e. The monoisotopic (exact) mass is 304 g/mol. The highest BCUT2D eigenvalue weighted by Crippen LogP contribution is 2.30. The van der Waals surface area contributed by atoms with Crippen molar-refractivity contribution in [2.45, 2.75) is 19.9 Å². The number of hydrogen-bond donors (Lipinski definition) is 1. The summed E-state index contributed by atoms with van der Waals surface area (Å²) in [5.74, 6) is 0. The Morgan fingerprint density at radius 1 is 1.38 bits per heavy atom. The lowest BCUT2D eigenvalue weighted by molar-refractivity contribution is 0.317. The summed E-state index contributed by atoms with van der Waals surface area (Å²) in [5.41, 5.74) is 4.76. The zero-order valence-corrected chi connectivity index (χ0v) is 12.8. The maximum absolute atomic E-state index is 9.14. The molecule has 0 bridgehead atoms. The average molecular weight is 305 g/mol. The van der Waals surface area contributed by atoms with Crippen molar-refractivity contribution in [1.82, 2.24) is 9.78 Å². The van der Waals surface area contributed by atoms with E-state index in [0.29, 0.717) is 18.1 Å². The van der Waals surface area contributed by atoms with Crippen LogP contribution in [-0.2, 0) is 13.6 Å². The largest absolute Gasteiger partial charge is 0.411 e. The van der Waals surface area contributed by atoms with E-state index in [-0.39, 0.29) is 0 Å². The van der Waals surface area contributed by atoms with Gasteiger partial charge in [0.15, 0.2) is 0 Å². The third kappa shape index (κ3) is 2.38. The average Bonchev–Trinajstić information content (AvgIpc) is 2.74. The van der Waals surface area contributed by atoms with Crippen molar-refractivity contribution in [3.8, 4) is 0 Å². The van der Waals surface area contributed by atoms with Gasteiger partial charge in [0.25, 0.3) is 0 Å². The molecular weight excluding hydrogens is 288 g/mol. The number of aryl methyl sites for hydroxylation is 2. The van der Waals surface area contributed by atoms with Crippen LogP contribution in [0, 0.1) is 6.92 Å². The van der Waals surface area contributed by atoms with Crippen molar-refractivity contribution in [2.24, 2.45) is 12.2 Å². The van der Waals surface area contributed by atoms with Gasteiger partial charge in [0.1, 0.15) is 5.15 Å². The fraction of sp³-hybridized carbons (Fsp3) is 0.333. The van der Waals surface area contributed by atoms with Gasteiger partial charge in [0, 0.05) is 43.4 Å². The molecule has 1 aromatic heterocycles. The highest BCUT2D eigenvalue weighted by Gasteiger charge is 2.23. The van der Waals surface area contributed by atoms with E-state index in [1.165, 1.54) is 0 Å². The van der Waals surface area contributed by atoms with Crippen LogP contribution in [0.3, 0.4) is 0 Å². The van der Waals surface area contributed by atoms with Gasteiger partial charge >= 0.3 is 0 Å². The van der Waals surface area contributed by atoms with Crippen LogP contribution in [0.4, 0.5) is 5.69 Å². The lowest BCUT2D eigenvalue weighted by Gasteiger charge is -2.31. The Balaban J connectivity index is 1.97. The topological polar surface area (TPSA) is 53.7 Å². The molecule has 1 aliphatic rings. The fourth-order valence-electron chi connectivity index (χ4n) is 2.80. The van der Waals surface area contributed by atoms with Crippen LogP contribution in [0.1, 0.15) is 23.2 Å². The van der Waals surface area contributed by atoms with Gasteiger partial charge in [-0.05, 0) is 13.0 Å². The van der Waals surface area contributed by atoms with Crippen LogP contribution in [-0.4, -0.2) is 27.2 Å². The summed E-state index contributed by atoms with van der Waals surface area (Å²) in [4.78, 5) is 2.25. The number of oxime groups is 1. The molecule has 0 aliphatic carbocycles. The summed E-state index contributed by atoms with van der Waals surface area (Å²) in [6.07, 6.45) is 0.713. The van der Waals surface area contributed by atoms with Gasteiger partial charge in [-0.15, -0.1) is 0 Å². The van der Waals surface area contributed by atoms with Crippen LogP contribution in [0.5, 0.6) is 0 Å². The molecule has 2 aromatic rings. The molecule has 0 unspecified atom stereocenters. The number of aromatic nitrogens is 2. The van der Waals surface area contributed by atoms with E-state index in [0.717, 1.165) is 34.8 Å². The molecular formula is C15H17ClN4O. The van der Waals surface area contributed by atoms with Crippen molar-refractivity contribution in [3.05, 3.63) is 46.2 Å². The molecule has 1 aliphatic heterocycles. The summed E-state index contributed by atoms with van der Waals surface area (Å²) >= 11 is 6.33. The lowest BCUT2D eigenvalue weighted by Crippen LogP contribution is -2.32. The second-order valence-electron chi connectivity index (χ2n) is 5.21. The number of hydrogen-bond acceptors (Lipinski definition) is 4. The summed E-state index contributed by atoms with van der Waals surface area (Å²) < 4.78 is 1.70. The molecule has 0 saturated carbocycles. The van der Waals surface area contributed by atoms with Gasteiger partial charge in [-0.2, -0.15) is 5.10 Å². The molecule has 0 atom stereocenters. The molecule has 0 fully saturated rings. The van der Waals surface area contributed by atoms with Crippen LogP contribution >= 0.6 is 11.6 Å². The van der Waals surface area contributed by atoms with E-state index in [1.54, 1.807) is 4.68 Å². The minimum atomic E-state index is 0.673. The smallest absolute Gasteiger partial charge is 0.131 e. The van der Waals surface area contributed by atoms with Gasteiger partial charge in [-0.3, -0.25) is 4.68 Å². The summed E-state index contributed by atoms with van der Waals surface area (Å²) in [7, 11) is 1.85. The number of fused-ring (bicyclic) bond motifs is 1. The third-order valence-electron chi connectivity index (χ3n) is 3.91. The summed E-state index contributed by atoms with van der Waals surface area (Å²) in [6, 6.07) is 7.97. The highest BCUT2D eigenvalue weighted by atomic mass is 35.5. The predicted molar refractivity (Wildman–Crippen MR) is 83.4 cm³/mol. The number of para-hydroxylation sites is 1. The Kier molecular flexibility index (Phi) is 3.59. The zero-order chi connectivity index (χ0) is 15.0. The first-order valence-corrected chi connectivity index (χ1v) is 7.23. The standard InChI is InChI=1S/C15H17ClN4O/c1-10-12(15(16)19(2)17-10)9-20-8-7-13(18-21)11-5-3-4-6-14(11)20/h3-6,21H,7-9H2,1-2H3/b18-13-. The van der Waals surface area contributed by atoms with E-state index < -0.39 is 0 Å². The van der Waals surface area contributed by atoms with Gasteiger partial charge in [0.2, 0.25) is 0 Å². The quantitative estimate of drug-likeness (QED) is 0.685. The first-order valence-electron chi connectivity index (χ1n) is 6.85. The summed E-state index contributed by atoms with van der Waals surface area (Å²) in [5, 5.41) is 17.6. The van der Waals surface area contributed by atoms with E-state index in [9.17, 15) is 0 Å². The maximum Gasteiger partial charge on any atom is 0.131 e. The van der Waals surface area contributed by atoms with Crippen molar-refractivity contribution in [2.75, 3.05) is 11.4 Å². The third-order valence-corrected chi connectivity index (χ3v) is 4.39. The molecule has 0 spiro atoms. The molecule has 3 rings (SSSR count). The fourth-order valence-corrected chi connectivity index (χ4v) is 3.04. The number of anilines is 1. The van der Waals surface area contributed by atoms with E-state index in [2.05, 4.69) is 15.2 Å². The maximum atomic E-state index is 9.14. The number of benzene rings is 1. The number of rotatable bonds is 2. The second kappa shape index (κ2) is 5.41. The Morgan fingerprint density at radius 3 is 2.81 bits per heavy atom. The van der Waals surface area contributed by atoms with Crippen molar-refractivity contribution < 1.29 is 5.21 Å². The van der Waals surface area contributed by atoms with Crippen LogP contribution in [0.2, 0.25) is 5.15 Å². The predicted octanol–water partition coefficient (Wildman–Crippen LogP) is 2.97. The first kappa shape index (κ1) is 13.9. The van der Waals surface area contributed by atoms with Gasteiger partial charge < -0.3 is 10.1 Å². The van der Waals surface area contributed by atoms with Crippen molar-refractivity contribution >= 4 is 23.0 Å². The lowest BCUT2D eigenvalue weighted by atomic mass is 9.99. The first-order chi connectivity index (χ1) is 10.1. The molecule has 21 heavy (non-hydrogen) atoms. The Bertz CT molecular complexity index is 708. The second-order valence-corrected chi connectivity index (χ2v) is 5.57. The molecule has 0 amide bonds. The molecule has 1 aromatic carbocycles. The normalized spacial score (nSPS) is 16.3. The van der Waals surface area contributed by atoms with Crippen molar-refractivity contribution in [3.63, 3.8) is 0 Å². The van der Waals surface area contributed by atoms with E-state index in [1.807, 2.05) is 38.2 Å². The SMILES string of the molecule is Cc1nn(C)c(Cl)c1CN1CC/C(=N/O)c2ccccc21. The number of halogens is 1. The van der Waals surface area contributed by atoms with Crippen LogP contribution in [0.15, 0.2) is 29.4 Å².